The normalized spacial score (nSPS) is 25.3. The Kier molecular flexibility index (Phi) is 9.58. The first kappa shape index (κ1) is 26.1. The van der Waals surface area contributed by atoms with Crippen molar-refractivity contribution in [1.82, 2.24) is 0 Å². The summed E-state index contributed by atoms with van der Waals surface area (Å²) in [6, 6.07) is 7.87. The van der Waals surface area contributed by atoms with Crippen molar-refractivity contribution in [1.29, 1.82) is 0 Å². The number of hydrogen-bond acceptors (Lipinski definition) is 0. The van der Waals surface area contributed by atoms with E-state index >= 15 is 0 Å². The van der Waals surface area contributed by atoms with E-state index in [0.717, 1.165) is 23.1 Å². The Bertz CT molecular complexity index is 988. The molecule has 2 aromatic carbocycles. The molecular weight excluding hydrogens is 434 g/mol. The molecule has 2 aliphatic rings. The average molecular weight is 479 g/mol. The van der Waals surface area contributed by atoms with Crippen molar-refractivity contribution in [2.24, 2.45) is 17.8 Å². The molecule has 190 valence electrons. The van der Waals surface area contributed by atoms with E-state index in [2.05, 4.69) is 31.7 Å². The minimum atomic E-state index is -0.689. The Morgan fingerprint density at radius 2 is 1.54 bits per heavy atom. The summed E-state index contributed by atoms with van der Waals surface area (Å²) in [5, 5.41) is 1.24. The lowest BCUT2D eigenvalue weighted by molar-refractivity contribution is 0.246. The van der Waals surface area contributed by atoms with E-state index in [0.29, 0.717) is 29.7 Å². The Morgan fingerprint density at radius 3 is 2.20 bits per heavy atom. The van der Waals surface area contributed by atoms with Crippen LogP contribution in [-0.2, 0) is 6.42 Å². The molecular formula is C33H44F2. The highest BCUT2D eigenvalue weighted by Gasteiger charge is 2.25. The second kappa shape index (κ2) is 12.8. The molecule has 35 heavy (non-hydrogen) atoms. The SMILES string of the molecule is C=CCCc1cc2ccc(C3CCC(CCC4CCC(/C=C/CCC)CC4)CC3)cc2c(F)c1F. The number of hydrogen-bond donors (Lipinski definition) is 0. The zero-order valence-corrected chi connectivity index (χ0v) is 21.7. The molecule has 4 rings (SSSR count). The quantitative estimate of drug-likeness (QED) is 0.298. The van der Waals surface area contributed by atoms with Crippen molar-refractivity contribution < 1.29 is 8.78 Å². The number of benzene rings is 2. The van der Waals surface area contributed by atoms with Crippen LogP contribution in [0.15, 0.2) is 49.1 Å². The van der Waals surface area contributed by atoms with Crippen LogP contribution in [0.2, 0.25) is 0 Å². The molecule has 2 saturated carbocycles. The molecule has 0 nitrogen and oxygen atoms in total. The number of aryl methyl sites for hydroxylation is 1. The minimum absolute atomic E-state index is 0.435. The van der Waals surface area contributed by atoms with E-state index in [1.165, 1.54) is 82.6 Å². The van der Waals surface area contributed by atoms with Crippen LogP contribution >= 0.6 is 0 Å². The smallest absolute Gasteiger partial charge is 0.166 e. The first-order chi connectivity index (χ1) is 17.1. The summed E-state index contributed by atoms with van der Waals surface area (Å²) < 4.78 is 29.5. The highest BCUT2D eigenvalue weighted by Crippen LogP contribution is 2.41. The van der Waals surface area contributed by atoms with Gasteiger partial charge in [-0.1, -0.05) is 56.5 Å². The summed E-state index contributed by atoms with van der Waals surface area (Å²) >= 11 is 0. The Morgan fingerprint density at radius 1 is 0.857 bits per heavy atom. The van der Waals surface area contributed by atoms with E-state index < -0.39 is 11.6 Å². The van der Waals surface area contributed by atoms with Crippen molar-refractivity contribution >= 4 is 10.8 Å². The average Bonchev–Trinajstić information content (AvgIpc) is 2.90. The van der Waals surface area contributed by atoms with Crippen molar-refractivity contribution in [3.8, 4) is 0 Å². The van der Waals surface area contributed by atoms with E-state index in [4.69, 9.17) is 0 Å². The highest BCUT2D eigenvalue weighted by atomic mass is 19.2. The fourth-order valence-electron chi connectivity index (χ4n) is 6.47. The number of rotatable bonds is 10. The number of unbranched alkanes of at least 4 members (excludes halogenated alkanes) is 1. The van der Waals surface area contributed by atoms with Gasteiger partial charge in [0.15, 0.2) is 11.6 Å². The van der Waals surface area contributed by atoms with Gasteiger partial charge in [-0.25, -0.2) is 8.78 Å². The number of fused-ring (bicyclic) bond motifs is 1. The Hall–Kier alpha value is -1.96. The van der Waals surface area contributed by atoms with Gasteiger partial charge in [-0.15, -0.1) is 6.58 Å². The fraction of sp³-hybridized carbons (Fsp3) is 0.576. The first-order valence-electron chi connectivity index (χ1n) is 14.3. The molecule has 0 spiro atoms. The third kappa shape index (κ3) is 6.83. The third-order valence-electron chi connectivity index (χ3n) is 8.79. The lowest BCUT2D eigenvalue weighted by Gasteiger charge is -2.31. The van der Waals surface area contributed by atoms with Gasteiger partial charge in [0.1, 0.15) is 0 Å². The Balaban J connectivity index is 1.27. The van der Waals surface area contributed by atoms with Crippen LogP contribution in [0.5, 0.6) is 0 Å². The van der Waals surface area contributed by atoms with Gasteiger partial charge in [0, 0.05) is 5.39 Å². The summed E-state index contributed by atoms with van der Waals surface area (Å²) in [6.45, 7) is 5.94. The van der Waals surface area contributed by atoms with Crippen molar-refractivity contribution in [3.63, 3.8) is 0 Å². The molecule has 0 unspecified atom stereocenters. The fourth-order valence-corrected chi connectivity index (χ4v) is 6.47. The second-order valence-corrected chi connectivity index (χ2v) is 11.3. The summed E-state index contributed by atoms with van der Waals surface area (Å²) in [5.74, 6) is 1.70. The zero-order chi connectivity index (χ0) is 24.6. The van der Waals surface area contributed by atoms with Crippen LogP contribution in [0.3, 0.4) is 0 Å². The number of allylic oxidation sites excluding steroid dienone is 3. The predicted molar refractivity (Wildman–Crippen MR) is 146 cm³/mol. The van der Waals surface area contributed by atoms with Gasteiger partial charge in [-0.2, -0.15) is 0 Å². The lowest BCUT2D eigenvalue weighted by atomic mass is 9.74. The van der Waals surface area contributed by atoms with Crippen LogP contribution in [-0.4, -0.2) is 0 Å². The molecule has 0 bridgehead atoms. The summed E-state index contributed by atoms with van der Waals surface area (Å²) in [4.78, 5) is 0. The molecule has 2 fully saturated rings. The van der Waals surface area contributed by atoms with E-state index in [1.807, 2.05) is 18.2 Å². The van der Waals surface area contributed by atoms with Gasteiger partial charge in [0.25, 0.3) is 0 Å². The molecule has 0 aliphatic heterocycles. The maximum absolute atomic E-state index is 14.9. The van der Waals surface area contributed by atoms with Gasteiger partial charge >= 0.3 is 0 Å². The Labute approximate surface area is 211 Å². The van der Waals surface area contributed by atoms with Crippen LogP contribution in [0, 0.1) is 29.4 Å². The maximum Gasteiger partial charge on any atom is 0.166 e. The topological polar surface area (TPSA) is 0 Å². The third-order valence-corrected chi connectivity index (χ3v) is 8.79. The molecule has 2 aromatic rings. The molecule has 0 radical (unpaired) electrons. The molecule has 0 saturated heterocycles. The van der Waals surface area contributed by atoms with Crippen molar-refractivity contribution in [2.45, 2.75) is 103 Å². The van der Waals surface area contributed by atoms with Crippen LogP contribution < -0.4 is 0 Å². The van der Waals surface area contributed by atoms with Crippen LogP contribution in [0.1, 0.15) is 107 Å². The maximum atomic E-state index is 14.9. The van der Waals surface area contributed by atoms with Crippen molar-refractivity contribution in [2.75, 3.05) is 0 Å². The highest BCUT2D eigenvalue weighted by molar-refractivity contribution is 5.85. The lowest BCUT2D eigenvalue weighted by Crippen LogP contribution is -2.17. The summed E-state index contributed by atoms with van der Waals surface area (Å²) in [7, 11) is 0. The molecule has 0 aromatic heterocycles. The van der Waals surface area contributed by atoms with Gasteiger partial charge in [-0.05, 0) is 123 Å². The number of halogens is 2. The summed E-state index contributed by atoms with van der Waals surface area (Å²) in [6.07, 6.45) is 23.5. The molecule has 2 heteroatoms. The molecule has 0 heterocycles. The summed E-state index contributed by atoms with van der Waals surface area (Å²) in [5.41, 5.74) is 1.63. The van der Waals surface area contributed by atoms with E-state index in [-0.39, 0.29) is 0 Å². The monoisotopic (exact) mass is 478 g/mol. The predicted octanol–water partition coefficient (Wildman–Crippen LogP) is 10.5. The minimum Gasteiger partial charge on any atom is -0.203 e. The largest absolute Gasteiger partial charge is 0.203 e. The van der Waals surface area contributed by atoms with Crippen LogP contribution in [0.25, 0.3) is 10.8 Å². The van der Waals surface area contributed by atoms with Gasteiger partial charge in [0.05, 0.1) is 0 Å². The molecule has 2 aliphatic carbocycles. The first-order valence-corrected chi connectivity index (χ1v) is 14.3. The van der Waals surface area contributed by atoms with Crippen LogP contribution in [0.4, 0.5) is 8.78 Å². The van der Waals surface area contributed by atoms with Gasteiger partial charge < -0.3 is 0 Å². The van der Waals surface area contributed by atoms with E-state index in [9.17, 15) is 8.78 Å². The molecule has 0 amide bonds. The standard InChI is InChI=1S/C33H44F2/c1-3-5-7-8-24-10-12-25(13-11-24)14-15-26-16-18-27(19-17-26)28-20-21-29-22-30(9-6-4-2)32(34)33(35)31(29)23-28/h4,7-8,20-27H,2-3,5-6,9-19H2,1H3/b8-7+. The molecule has 0 atom stereocenters. The van der Waals surface area contributed by atoms with Crippen molar-refractivity contribution in [3.05, 3.63) is 71.8 Å². The molecule has 0 N–H and O–H groups in total. The zero-order valence-electron chi connectivity index (χ0n) is 21.7. The van der Waals surface area contributed by atoms with Gasteiger partial charge in [0.2, 0.25) is 0 Å². The van der Waals surface area contributed by atoms with E-state index in [1.54, 1.807) is 6.08 Å². The second-order valence-electron chi connectivity index (χ2n) is 11.3. The van der Waals surface area contributed by atoms with Gasteiger partial charge in [-0.3, -0.25) is 0 Å².